The Bertz CT molecular complexity index is 857. The van der Waals surface area contributed by atoms with Crippen LogP contribution in [-0.4, -0.2) is 12.0 Å². The zero-order chi connectivity index (χ0) is 22.5. The molecule has 5 heteroatoms. The van der Waals surface area contributed by atoms with E-state index in [4.69, 9.17) is 0 Å². The van der Waals surface area contributed by atoms with Gasteiger partial charge in [-0.05, 0) is 40.5 Å². The molecule has 0 N–H and O–H groups in total. The average Bonchev–Trinajstić information content (AvgIpc) is 3.04. The first-order valence-electron chi connectivity index (χ1n) is 10.3. The van der Waals surface area contributed by atoms with Gasteiger partial charge in [-0.3, -0.25) is 0 Å². The quantitative estimate of drug-likeness (QED) is 0.452. The van der Waals surface area contributed by atoms with E-state index in [-0.39, 0.29) is 22.3 Å². The van der Waals surface area contributed by atoms with Crippen molar-refractivity contribution in [2.75, 3.05) is 0 Å². The van der Waals surface area contributed by atoms with Crippen molar-refractivity contribution in [1.82, 2.24) is 0 Å². The molecule has 0 aromatic heterocycles. The van der Waals surface area contributed by atoms with Crippen LogP contribution in [0.15, 0.2) is 36.4 Å². The molecule has 0 amide bonds. The summed E-state index contributed by atoms with van der Waals surface area (Å²) in [4.78, 5) is 0. The van der Waals surface area contributed by atoms with Gasteiger partial charge in [-0.15, -0.1) is 8.78 Å². The number of para-hydroxylation sites is 1. The number of halogens is 3. The third-order valence-electron chi connectivity index (χ3n) is 5.42. The van der Waals surface area contributed by atoms with Crippen LogP contribution in [0.4, 0.5) is 13.2 Å². The highest BCUT2D eigenvalue weighted by Crippen LogP contribution is 2.46. The summed E-state index contributed by atoms with van der Waals surface area (Å²) < 4.78 is 48.6. The predicted octanol–water partition coefficient (Wildman–Crippen LogP) is 7.12. The molecule has 1 unspecified atom stereocenters. The molecule has 0 radical (unpaired) electrons. The maximum atomic E-state index is 14.0. The van der Waals surface area contributed by atoms with Crippen molar-refractivity contribution in [3.05, 3.63) is 58.7 Å². The maximum Gasteiger partial charge on any atom is 0.586 e. The molecule has 164 valence electrons. The van der Waals surface area contributed by atoms with E-state index in [9.17, 15) is 13.2 Å². The summed E-state index contributed by atoms with van der Waals surface area (Å²) in [6.45, 7) is 14.1. The molecular weight excluding hydrogens is 389 g/mol. The Morgan fingerprint density at radius 1 is 0.767 bits per heavy atom. The van der Waals surface area contributed by atoms with Crippen molar-refractivity contribution in [1.29, 1.82) is 0 Å². The fourth-order valence-corrected chi connectivity index (χ4v) is 4.10. The number of alkyl halides is 3. The third-order valence-corrected chi connectivity index (χ3v) is 5.42. The molecule has 0 saturated heterocycles. The average molecular weight is 421 g/mol. The molecule has 0 spiro atoms. The maximum absolute atomic E-state index is 14.0. The second kappa shape index (κ2) is 7.21. The Morgan fingerprint density at radius 3 is 1.93 bits per heavy atom. The summed E-state index contributed by atoms with van der Waals surface area (Å²) in [5, 5.41) is 0. The first kappa shape index (κ1) is 22.5. The molecule has 1 heterocycles. The van der Waals surface area contributed by atoms with Crippen molar-refractivity contribution in [3.63, 3.8) is 0 Å². The van der Waals surface area contributed by atoms with Gasteiger partial charge in [0.1, 0.15) is 5.67 Å². The molecule has 2 aromatic carbocycles. The van der Waals surface area contributed by atoms with Crippen LogP contribution < -0.4 is 9.47 Å². The molecule has 30 heavy (non-hydrogen) atoms. The van der Waals surface area contributed by atoms with Gasteiger partial charge >= 0.3 is 6.29 Å². The van der Waals surface area contributed by atoms with E-state index in [1.165, 1.54) is 22.8 Å². The molecule has 0 bridgehead atoms. The first-order valence-corrected chi connectivity index (χ1v) is 10.3. The minimum absolute atomic E-state index is 0.104. The third kappa shape index (κ3) is 4.76. The number of hydrogen-bond acceptors (Lipinski definition) is 2. The number of fused-ring (bicyclic) bond motifs is 2. The van der Waals surface area contributed by atoms with Gasteiger partial charge in [-0.25, -0.2) is 4.39 Å². The smallest absolute Gasteiger partial charge is 0.395 e. The SMILES string of the molecule is CC(C)(C)c1cccc2c1OC(F)(F)O2.CC1(F)Cc2cccc(C(C)(C)C)c2C1. The van der Waals surface area contributed by atoms with Crippen molar-refractivity contribution in [2.45, 2.75) is 84.1 Å². The van der Waals surface area contributed by atoms with Gasteiger partial charge < -0.3 is 9.47 Å². The van der Waals surface area contributed by atoms with Gasteiger partial charge in [0.05, 0.1) is 0 Å². The number of hydrogen-bond donors (Lipinski definition) is 0. The van der Waals surface area contributed by atoms with Crippen LogP contribution in [0.25, 0.3) is 0 Å². The van der Waals surface area contributed by atoms with Crippen LogP contribution in [-0.2, 0) is 23.7 Å². The molecule has 2 nitrogen and oxygen atoms in total. The van der Waals surface area contributed by atoms with Crippen LogP contribution in [0.5, 0.6) is 11.5 Å². The van der Waals surface area contributed by atoms with E-state index < -0.39 is 12.0 Å². The van der Waals surface area contributed by atoms with E-state index in [1.54, 1.807) is 19.1 Å². The molecule has 1 atom stereocenters. The second-order valence-electron chi connectivity index (χ2n) is 10.5. The Kier molecular flexibility index (Phi) is 5.41. The minimum atomic E-state index is -3.54. The first-order chi connectivity index (χ1) is 13.6. The Balaban J connectivity index is 0.000000171. The number of benzene rings is 2. The summed E-state index contributed by atoms with van der Waals surface area (Å²) >= 11 is 0. The van der Waals surface area contributed by atoms with E-state index in [1.807, 2.05) is 20.8 Å². The molecule has 1 aliphatic heterocycles. The molecule has 0 saturated carbocycles. The van der Waals surface area contributed by atoms with Crippen LogP contribution in [0, 0.1) is 0 Å². The Labute approximate surface area is 177 Å². The van der Waals surface area contributed by atoms with E-state index >= 15 is 0 Å². The van der Waals surface area contributed by atoms with Crippen LogP contribution in [0.1, 0.15) is 70.7 Å². The van der Waals surface area contributed by atoms with E-state index in [0.29, 0.717) is 12.8 Å². The minimum Gasteiger partial charge on any atom is -0.395 e. The van der Waals surface area contributed by atoms with Crippen molar-refractivity contribution >= 4 is 0 Å². The van der Waals surface area contributed by atoms with Gasteiger partial charge in [0.15, 0.2) is 11.5 Å². The molecule has 1 aliphatic carbocycles. The molecule has 2 aliphatic rings. The monoisotopic (exact) mass is 420 g/mol. The van der Waals surface area contributed by atoms with Gasteiger partial charge in [0.2, 0.25) is 0 Å². The Hall–Kier alpha value is -2.17. The lowest BCUT2D eigenvalue weighted by atomic mass is 9.82. The summed E-state index contributed by atoms with van der Waals surface area (Å²) in [6.07, 6.45) is -2.38. The highest BCUT2D eigenvalue weighted by molar-refractivity contribution is 5.51. The largest absolute Gasteiger partial charge is 0.586 e. The lowest BCUT2D eigenvalue weighted by Gasteiger charge is -2.22. The Morgan fingerprint density at radius 2 is 1.33 bits per heavy atom. The van der Waals surface area contributed by atoms with Crippen molar-refractivity contribution in [2.24, 2.45) is 0 Å². The van der Waals surface area contributed by atoms with Gasteiger partial charge in [-0.1, -0.05) is 71.9 Å². The van der Waals surface area contributed by atoms with Crippen molar-refractivity contribution in [3.8, 4) is 11.5 Å². The normalized spacial score (nSPS) is 21.7. The molecule has 4 rings (SSSR count). The summed E-state index contributed by atoms with van der Waals surface area (Å²) in [5.74, 6) is 0.252. The summed E-state index contributed by atoms with van der Waals surface area (Å²) in [6, 6.07) is 11.2. The highest BCUT2D eigenvalue weighted by Gasteiger charge is 2.45. The van der Waals surface area contributed by atoms with Crippen molar-refractivity contribution < 1.29 is 22.6 Å². The zero-order valence-corrected chi connectivity index (χ0v) is 18.8. The van der Waals surface area contributed by atoms with Gasteiger partial charge in [-0.2, -0.15) is 0 Å². The number of rotatable bonds is 0. The summed E-state index contributed by atoms with van der Waals surface area (Å²) in [7, 11) is 0. The zero-order valence-electron chi connectivity index (χ0n) is 18.8. The van der Waals surface area contributed by atoms with E-state index in [0.717, 1.165) is 5.56 Å². The summed E-state index contributed by atoms with van der Waals surface area (Å²) in [5.41, 5.74) is 3.30. The van der Waals surface area contributed by atoms with Gasteiger partial charge in [0, 0.05) is 18.4 Å². The van der Waals surface area contributed by atoms with Crippen LogP contribution in [0.3, 0.4) is 0 Å². The highest BCUT2D eigenvalue weighted by atomic mass is 19.3. The number of ether oxygens (including phenoxy) is 2. The fraction of sp³-hybridized carbons (Fsp3) is 0.520. The van der Waals surface area contributed by atoms with Gasteiger partial charge in [0.25, 0.3) is 0 Å². The second-order valence-corrected chi connectivity index (χ2v) is 10.5. The molecule has 2 aromatic rings. The predicted molar refractivity (Wildman–Crippen MR) is 113 cm³/mol. The fourth-order valence-electron chi connectivity index (χ4n) is 4.10. The molecular formula is C25H31F3O2. The van der Waals surface area contributed by atoms with Crippen LogP contribution in [0.2, 0.25) is 0 Å². The molecule has 0 fully saturated rings. The standard InChI is InChI=1S/C14H19F.C11H12F2O2/c1-13(2,3)12-7-5-6-10-8-14(4,15)9-11(10)12;1-10(2,3)7-5-4-6-8-9(7)15-11(12,13)14-8/h5-7H,8-9H2,1-4H3;4-6H,1-3H3. The topological polar surface area (TPSA) is 18.5 Å². The van der Waals surface area contributed by atoms with Crippen LogP contribution >= 0.6 is 0 Å². The lowest BCUT2D eigenvalue weighted by Crippen LogP contribution is -2.26. The lowest BCUT2D eigenvalue weighted by molar-refractivity contribution is -0.287. The van der Waals surface area contributed by atoms with E-state index in [2.05, 4.69) is 48.4 Å².